The molecule has 76 valence electrons. The average Bonchev–Trinajstić information content (AvgIpc) is 2.14. The summed E-state index contributed by atoms with van der Waals surface area (Å²) in [5, 5.41) is 0. The van der Waals surface area contributed by atoms with Gasteiger partial charge in [0, 0.05) is 5.75 Å². The van der Waals surface area contributed by atoms with Gasteiger partial charge in [0.05, 0.1) is 0 Å². The van der Waals surface area contributed by atoms with Crippen molar-refractivity contribution < 1.29 is 0 Å². The van der Waals surface area contributed by atoms with Crippen molar-refractivity contribution in [1.82, 2.24) is 0 Å². The molecule has 0 amide bonds. The van der Waals surface area contributed by atoms with Gasteiger partial charge in [0.25, 0.3) is 0 Å². The van der Waals surface area contributed by atoms with Crippen LogP contribution in [-0.2, 0) is 0 Å². The molecule has 0 fully saturated rings. The minimum Gasteiger partial charge on any atom is -0.108 e. The molecule has 0 aliphatic rings. The largest absolute Gasteiger partial charge is 0.108 e. The maximum Gasteiger partial charge on any atom is 0.104 e. The first-order valence-corrected chi connectivity index (χ1v) is 7.09. The Morgan fingerprint density at radius 1 is 1.31 bits per heavy atom. The second kappa shape index (κ2) is 10.6. The van der Waals surface area contributed by atoms with Crippen molar-refractivity contribution in [2.24, 2.45) is 0 Å². The van der Waals surface area contributed by atoms with E-state index in [9.17, 15) is 0 Å². The summed E-state index contributed by atoms with van der Waals surface area (Å²) in [6.45, 7) is 5.90. The van der Waals surface area contributed by atoms with Crippen LogP contribution in [-0.4, -0.2) is 15.0 Å². The molecule has 0 aliphatic heterocycles. The lowest BCUT2D eigenvalue weighted by molar-refractivity contribution is 0.707. The molecule has 0 aromatic rings. The fourth-order valence-electron chi connectivity index (χ4n) is 0.853. The van der Waals surface area contributed by atoms with Gasteiger partial charge in [0.1, 0.15) is 3.53 Å². The zero-order valence-electron chi connectivity index (χ0n) is 8.25. The van der Waals surface area contributed by atoms with Crippen molar-refractivity contribution in [2.75, 3.05) is 11.5 Å². The summed E-state index contributed by atoms with van der Waals surface area (Å²) in [4.78, 5) is 0. The first kappa shape index (κ1) is 13.5. The van der Waals surface area contributed by atoms with Crippen LogP contribution in [0.15, 0.2) is 12.7 Å². The number of thiocarbonyl (C=S) groups is 1. The Labute approximate surface area is 95.9 Å². The average molecular weight is 234 g/mol. The van der Waals surface area contributed by atoms with E-state index in [1.54, 1.807) is 11.8 Å². The summed E-state index contributed by atoms with van der Waals surface area (Å²) in [6, 6.07) is 0. The lowest BCUT2D eigenvalue weighted by Crippen LogP contribution is -1.86. The summed E-state index contributed by atoms with van der Waals surface area (Å²) in [6.07, 6.45) is 7.20. The van der Waals surface area contributed by atoms with Gasteiger partial charge < -0.3 is 0 Å². The fraction of sp³-hybridized carbons (Fsp3) is 0.700. The number of thioether (sulfide) groups is 2. The molecule has 0 aliphatic carbocycles. The van der Waals surface area contributed by atoms with Crippen molar-refractivity contribution in [3.63, 3.8) is 0 Å². The Morgan fingerprint density at radius 3 is 2.69 bits per heavy atom. The Balaban J connectivity index is 3.12. The van der Waals surface area contributed by atoms with Gasteiger partial charge in [-0.2, -0.15) is 0 Å². The van der Waals surface area contributed by atoms with Gasteiger partial charge in [-0.15, -0.1) is 30.1 Å². The lowest BCUT2D eigenvalue weighted by atomic mass is 10.2. The lowest BCUT2D eigenvalue weighted by Gasteiger charge is -2.00. The minimum absolute atomic E-state index is 0.945. The molecule has 0 N–H and O–H groups in total. The Kier molecular flexibility index (Phi) is 11.0. The molecular weight excluding hydrogens is 216 g/mol. The molecule has 0 saturated carbocycles. The van der Waals surface area contributed by atoms with Gasteiger partial charge in [0.15, 0.2) is 0 Å². The van der Waals surface area contributed by atoms with Crippen molar-refractivity contribution in [3.8, 4) is 0 Å². The summed E-state index contributed by atoms with van der Waals surface area (Å²) in [5.41, 5.74) is 0. The minimum atomic E-state index is 0.945. The molecule has 3 heteroatoms. The molecule has 13 heavy (non-hydrogen) atoms. The molecule has 0 nitrogen and oxygen atoms in total. The maximum atomic E-state index is 5.18. The Morgan fingerprint density at radius 2 is 2.08 bits per heavy atom. The third kappa shape index (κ3) is 10.5. The fourth-order valence-corrected chi connectivity index (χ4v) is 2.86. The number of hydrogen-bond donors (Lipinski definition) is 0. The smallest absolute Gasteiger partial charge is 0.104 e. The molecule has 0 unspecified atom stereocenters. The monoisotopic (exact) mass is 234 g/mol. The van der Waals surface area contributed by atoms with Crippen LogP contribution in [0.5, 0.6) is 0 Å². The molecule has 0 atom stereocenters. The third-order valence-corrected chi connectivity index (χ3v) is 4.32. The molecule has 0 spiro atoms. The maximum absolute atomic E-state index is 5.18. The summed E-state index contributed by atoms with van der Waals surface area (Å²) in [5.74, 6) is 2.13. The predicted molar refractivity (Wildman–Crippen MR) is 71.9 cm³/mol. The second-order valence-corrected chi connectivity index (χ2v) is 6.08. The van der Waals surface area contributed by atoms with Gasteiger partial charge >= 0.3 is 0 Å². The van der Waals surface area contributed by atoms with Gasteiger partial charge in [-0.05, 0) is 12.2 Å². The van der Waals surface area contributed by atoms with E-state index in [0.717, 1.165) is 9.28 Å². The van der Waals surface area contributed by atoms with Crippen LogP contribution in [0.4, 0.5) is 0 Å². The molecule has 0 bridgehead atoms. The Hall–Kier alpha value is 0.530. The predicted octanol–water partition coefficient (Wildman–Crippen LogP) is 4.50. The van der Waals surface area contributed by atoms with Crippen LogP contribution in [0, 0.1) is 0 Å². The zero-order valence-corrected chi connectivity index (χ0v) is 10.7. The SMILES string of the molecule is C=CCSC(=S)SCCCCCC. The number of rotatable bonds is 7. The molecule has 0 radical (unpaired) electrons. The van der Waals surface area contributed by atoms with Crippen LogP contribution >= 0.6 is 35.7 Å². The van der Waals surface area contributed by atoms with E-state index in [1.165, 1.54) is 31.4 Å². The van der Waals surface area contributed by atoms with E-state index in [1.807, 2.05) is 17.8 Å². The van der Waals surface area contributed by atoms with Gasteiger partial charge in [-0.25, -0.2) is 0 Å². The molecular formula is C10H18S3. The van der Waals surface area contributed by atoms with E-state index in [0.29, 0.717) is 0 Å². The van der Waals surface area contributed by atoms with E-state index in [4.69, 9.17) is 12.2 Å². The van der Waals surface area contributed by atoms with Crippen molar-refractivity contribution in [1.29, 1.82) is 0 Å². The van der Waals surface area contributed by atoms with Crippen molar-refractivity contribution in [2.45, 2.75) is 32.6 Å². The number of hydrogen-bond acceptors (Lipinski definition) is 3. The number of unbranched alkanes of at least 4 members (excludes halogenated alkanes) is 3. The van der Waals surface area contributed by atoms with Gasteiger partial charge in [-0.3, -0.25) is 0 Å². The van der Waals surface area contributed by atoms with E-state index >= 15 is 0 Å². The van der Waals surface area contributed by atoms with Crippen LogP contribution < -0.4 is 0 Å². The highest BCUT2D eigenvalue weighted by Gasteiger charge is 1.96. The highest BCUT2D eigenvalue weighted by Crippen LogP contribution is 2.18. The third-order valence-electron chi connectivity index (χ3n) is 1.54. The summed E-state index contributed by atoms with van der Waals surface area (Å²) >= 11 is 8.71. The Bertz CT molecular complexity index is 143. The van der Waals surface area contributed by atoms with Crippen LogP contribution in [0.3, 0.4) is 0 Å². The van der Waals surface area contributed by atoms with Crippen LogP contribution in [0.1, 0.15) is 32.6 Å². The molecule has 0 aromatic heterocycles. The molecule has 0 saturated heterocycles. The zero-order chi connectivity index (χ0) is 9.94. The van der Waals surface area contributed by atoms with Crippen LogP contribution in [0.25, 0.3) is 0 Å². The molecule has 0 rings (SSSR count). The van der Waals surface area contributed by atoms with Crippen molar-refractivity contribution >= 4 is 39.3 Å². The van der Waals surface area contributed by atoms with Gasteiger partial charge in [0.2, 0.25) is 0 Å². The van der Waals surface area contributed by atoms with Crippen LogP contribution in [0.2, 0.25) is 0 Å². The van der Waals surface area contributed by atoms with Gasteiger partial charge in [-0.1, -0.05) is 44.5 Å². The summed E-state index contributed by atoms with van der Waals surface area (Å²) < 4.78 is 1.07. The van der Waals surface area contributed by atoms with E-state index in [2.05, 4.69) is 13.5 Å². The first-order valence-electron chi connectivity index (χ1n) is 4.71. The first-order chi connectivity index (χ1) is 6.31. The highest BCUT2D eigenvalue weighted by atomic mass is 32.2. The topological polar surface area (TPSA) is 0 Å². The normalized spacial score (nSPS) is 9.92. The van der Waals surface area contributed by atoms with Crippen molar-refractivity contribution in [3.05, 3.63) is 12.7 Å². The molecule has 0 heterocycles. The quantitative estimate of drug-likeness (QED) is 0.361. The second-order valence-electron chi connectivity index (χ2n) is 2.76. The summed E-state index contributed by atoms with van der Waals surface area (Å²) in [7, 11) is 0. The standard InChI is InChI=1S/C10H18S3/c1-3-5-6-7-9-13-10(11)12-8-4-2/h4H,2-3,5-9H2,1H3. The molecule has 0 aromatic carbocycles. The highest BCUT2D eigenvalue weighted by molar-refractivity contribution is 8.47. The van der Waals surface area contributed by atoms with E-state index < -0.39 is 0 Å². The van der Waals surface area contributed by atoms with E-state index in [-0.39, 0.29) is 0 Å².